The van der Waals surface area contributed by atoms with E-state index in [-0.39, 0.29) is 12.3 Å². The highest BCUT2D eigenvalue weighted by Crippen LogP contribution is 2.45. The van der Waals surface area contributed by atoms with Gasteiger partial charge in [-0.3, -0.25) is 0 Å². The van der Waals surface area contributed by atoms with Crippen molar-refractivity contribution in [2.24, 2.45) is 0 Å². The van der Waals surface area contributed by atoms with Crippen LogP contribution in [-0.2, 0) is 12.0 Å². The number of aromatic nitrogens is 1. The number of furan rings is 1. The number of benzene rings is 7. The Morgan fingerprint density at radius 2 is 1.37 bits per heavy atom. The highest BCUT2D eigenvalue weighted by molar-refractivity contribution is 6.90. The second kappa shape index (κ2) is 10.5. The second-order valence-electron chi connectivity index (χ2n) is 15.8. The van der Waals surface area contributed by atoms with Gasteiger partial charge < -0.3 is 13.8 Å². The van der Waals surface area contributed by atoms with Crippen molar-refractivity contribution in [2.45, 2.75) is 39.7 Å². The molecule has 0 saturated carbocycles. The quantitative estimate of drug-likeness (QED) is 0.175. The maximum atomic E-state index is 6.63. The summed E-state index contributed by atoms with van der Waals surface area (Å²) in [6.45, 7) is 9.88. The summed E-state index contributed by atoms with van der Waals surface area (Å²) in [7, 11) is 0. The first-order chi connectivity index (χ1) is 25.3. The Balaban J connectivity index is 1.24. The minimum Gasteiger partial charge on any atom is -0.456 e. The molecule has 4 heterocycles. The van der Waals surface area contributed by atoms with Crippen molar-refractivity contribution < 1.29 is 4.42 Å². The zero-order chi connectivity index (χ0) is 34.9. The van der Waals surface area contributed by atoms with E-state index in [0.29, 0.717) is 0 Å². The molecular weight excluding hydrogens is 631 g/mol. The number of para-hydroxylation sites is 3. The SMILES string of the molecule is Cc1cc2c3c(c1)N(Cc1ccc(C(C)(C)C)cc1-c1ccccc1)c1cc4c(cc1B3n1c3ccccc3c3cccc-2c31)oc1ccccc14. The van der Waals surface area contributed by atoms with E-state index in [2.05, 4.69) is 177 Å². The van der Waals surface area contributed by atoms with Crippen LogP contribution in [0.5, 0.6) is 0 Å². The van der Waals surface area contributed by atoms with Crippen LogP contribution in [0.4, 0.5) is 11.4 Å². The van der Waals surface area contributed by atoms with E-state index >= 15 is 0 Å². The average Bonchev–Trinajstić information content (AvgIpc) is 3.69. The minimum absolute atomic E-state index is 0.0105. The lowest BCUT2D eigenvalue weighted by atomic mass is 9.45. The topological polar surface area (TPSA) is 21.3 Å². The minimum atomic E-state index is -0.0105. The fraction of sp³-hybridized carbons (Fsp3) is 0.125. The lowest BCUT2D eigenvalue weighted by Gasteiger charge is -2.41. The standard InChI is InChI=1S/C48H37BN2O/c1-29-23-39-36-18-12-17-35-33-15-8-10-19-41(33)51(47(35)36)49-40-27-45-38(34-16-9-11-20-44(34)52-45)26-42(40)50(43(24-29)46(39)49)28-31-21-22-32(48(2,3)4)25-37(31)30-13-6-5-7-14-30/h5-27H,28H2,1-4H3. The molecule has 0 N–H and O–H groups in total. The molecule has 0 amide bonds. The van der Waals surface area contributed by atoms with Crippen LogP contribution in [0.1, 0.15) is 37.5 Å². The molecule has 3 nitrogen and oxygen atoms in total. The molecule has 0 spiro atoms. The van der Waals surface area contributed by atoms with E-state index in [1.54, 1.807) is 0 Å². The number of aryl methyl sites for hydroxylation is 1. The summed E-state index contributed by atoms with van der Waals surface area (Å²) in [4.78, 5) is 2.61. The van der Waals surface area contributed by atoms with E-state index in [0.717, 1.165) is 28.5 Å². The number of hydrogen-bond donors (Lipinski definition) is 0. The molecular formula is C48H37BN2O. The predicted molar refractivity (Wildman–Crippen MR) is 220 cm³/mol. The highest BCUT2D eigenvalue weighted by Gasteiger charge is 2.43. The molecule has 2 aromatic heterocycles. The summed E-state index contributed by atoms with van der Waals surface area (Å²) in [5.41, 5.74) is 18.7. The maximum Gasteiger partial charge on any atom is 0.333 e. The number of rotatable bonds is 3. The Morgan fingerprint density at radius 1 is 0.596 bits per heavy atom. The van der Waals surface area contributed by atoms with Gasteiger partial charge in [-0.05, 0) is 87.0 Å². The first-order valence-corrected chi connectivity index (χ1v) is 18.4. The summed E-state index contributed by atoms with van der Waals surface area (Å²) in [5.74, 6) is 0. The van der Waals surface area contributed by atoms with Gasteiger partial charge in [-0.2, -0.15) is 0 Å². The summed E-state index contributed by atoms with van der Waals surface area (Å²) >= 11 is 0. The Hall–Kier alpha value is -6.00. The van der Waals surface area contributed by atoms with Gasteiger partial charge in [0.2, 0.25) is 0 Å². The molecule has 248 valence electrons. The number of fused-ring (bicyclic) bond motifs is 10. The van der Waals surface area contributed by atoms with Crippen LogP contribution in [0.3, 0.4) is 0 Å². The molecule has 9 aromatic rings. The summed E-state index contributed by atoms with van der Waals surface area (Å²) in [6.07, 6.45) is 0. The first kappa shape index (κ1) is 29.7. The average molecular weight is 669 g/mol. The molecule has 0 aliphatic carbocycles. The maximum absolute atomic E-state index is 6.63. The van der Waals surface area contributed by atoms with E-state index in [1.807, 2.05) is 0 Å². The van der Waals surface area contributed by atoms with Crippen molar-refractivity contribution in [2.75, 3.05) is 4.90 Å². The summed E-state index contributed by atoms with van der Waals surface area (Å²) < 4.78 is 9.25. The first-order valence-electron chi connectivity index (χ1n) is 18.4. The van der Waals surface area contributed by atoms with Crippen molar-refractivity contribution >= 4 is 72.9 Å². The lowest BCUT2D eigenvalue weighted by molar-refractivity contribution is 0.590. The van der Waals surface area contributed by atoms with Crippen molar-refractivity contribution in [3.8, 4) is 22.3 Å². The largest absolute Gasteiger partial charge is 0.456 e. The van der Waals surface area contributed by atoms with Gasteiger partial charge in [0, 0.05) is 56.1 Å². The zero-order valence-corrected chi connectivity index (χ0v) is 29.9. The zero-order valence-electron chi connectivity index (χ0n) is 29.9. The summed E-state index contributed by atoms with van der Waals surface area (Å²) in [5, 5.41) is 4.91. The Morgan fingerprint density at radius 3 is 2.21 bits per heavy atom. The Kier molecular flexibility index (Phi) is 6.01. The molecule has 7 aromatic carbocycles. The molecule has 0 fully saturated rings. The monoisotopic (exact) mass is 668 g/mol. The van der Waals surface area contributed by atoms with Crippen LogP contribution >= 0.6 is 0 Å². The van der Waals surface area contributed by atoms with Gasteiger partial charge in [-0.1, -0.05) is 130 Å². The predicted octanol–water partition coefficient (Wildman–Crippen LogP) is 11.3. The van der Waals surface area contributed by atoms with Gasteiger partial charge in [0.25, 0.3) is 0 Å². The van der Waals surface area contributed by atoms with E-state index < -0.39 is 0 Å². The lowest BCUT2D eigenvalue weighted by Crippen LogP contribution is -2.57. The van der Waals surface area contributed by atoms with Crippen LogP contribution in [0.25, 0.3) is 66.0 Å². The fourth-order valence-corrected chi connectivity index (χ4v) is 9.24. The van der Waals surface area contributed by atoms with Crippen LogP contribution in [0.2, 0.25) is 0 Å². The molecule has 11 rings (SSSR count). The third-order valence-corrected chi connectivity index (χ3v) is 11.6. The number of hydrogen-bond acceptors (Lipinski definition) is 2. The number of nitrogens with zero attached hydrogens (tertiary/aromatic N) is 2. The van der Waals surface area contributed by atoms with Gasteiger partial charge in [-0.15, -0.1) is 0 Å². The molecule has 2 aliphatic heterocycles. The molecule has 0 saturated heterocycles. The van der Waals surface area contributed by atoms with E-state index in [9.17, 15) is 0 Å². The Bertz CT molecular complexity index is 2940. The van der Waals surface area contributed by atoms with Crippen LogP contribution in [0, 0.1) is 6.92 Å². The highest BCUT2D eigenvalue weighted by atomic mass is 16.3. The second-order valence-corrected chi connectivity index (χ2v) is 15.8. The molecule has 0 unspecified atom stereocenters. The third-order valence-electron chi connectivity index (χ3n) is 11.6. The third kappa shape index (κ3) is 4.09. The molecule has 52 heavy (non-hydrogen) atoms. The molecule has 0 bridgehead atoms. The van der Waals surface area contributed by atoms with Gasteiger partial charge in [0.1, 0.15) is 11.2 Å². The van der Waals surface area contributed by atoms with Gasteiger partial charge >= 0.3 is 6.85 Å². The van der Waals surface area contributed by atoms with E-state index in [1.165, 1.54) is 83.1 Å². The van der Waals surface area contributed by atoms with Crippen molar-refractivity contribution in [1.82, 2.24) is 4.48 Å². The van der Waals surface area contributed by atoms with Gasteiger partial charge in [0.15, 0.2) is 0 Å². The summed E-state index contributed by atoms with van der Waals surface area (Å²) in [6, 6.07) is 51.9. The molecule has 0 radical (unpaired) electrons. The normalized spacial score (nSPS) is 13.4. The number of anilines is 2. The molecule has 4 heteroatoms. The van der Waals surface area contributed by atoms with Gasteiger partial charge in [0.05, 0.1) is 0 Å². The van der Waals surface area contributed by atoms with Crippen molar-refractivity contribution in [3.05, 3.63) is 156 Å². The van der Waals surface area contributed by atoms with Crippen molar-refractivity contribution in [1.29, 1.82) is 0 Å². The van der Waals surface area contributed by atoms with E-state index in [4.69, 9.17) is 4.42 Å². The molecule has 0 atom stereocenters. The molecule has 2 aliphatic rings. The van der Waals surface area contributed by atoms with Crippen molar-refractivity contribution in [3.63, 3.8) is 0 Å². The van der Waals surface area contributed by atoms with Crippen LogP contribution in [0.15, 0.2) is 144 Å². The van der Waals surface area contributed by atoms with Gasteiger partial charge in [-0.25, -0.2) is 0 Å². The smallest absolute Gasteiger partial charge is 0.333 e. The Labute approximate surface area is 303 Å². The van der Waals surface area contributed by atoms with Crippen LogP contribution < -0.4 is 15.8 Å². The van der Waals surface area contributed by atoms with Crippen LogP contribution in [-0.4, -0.2) is 11.3 Å². The fourth-order valence-electron chi connectivity index (χ4n) is 9.24.